The number of carboxylic acid groups (broad SMARTS) is 2. The van der Waals surface area contributed by atoms with E-state index < -0.39 is 30.0 Å². The summed E-state index contributed by atoms with van der Waals surface area (Å²) in [5.41, 5.74) is 3.41. The fourth-order valence-electron chi connectivity index (χ4n) is 4.29. The number of hydrogen-bond acceptors (Lipinski definition) is 4. The lowest BCUT2D eigenvalue weighted by atomic mass is 10.1. The van der Waals surface area contributed by atoms with Crippen molar-refractivity contribution in [2.75, 3.05) is 13.1 Å². The van der Waals surface area contributed by atoms with E-state index in [0.29, 0.717) is 17.5 Å². The average Bonchev–Trinajstić information content (AvgIpc) is 3.28. The summed E-state index contributed by atoms with van der Waals surface area (Å²) in [7, 11) is 0. The topological polar surface area (TPSA) is 146 Å². The molecule has 1 aromatic heterocycles. The zero-order valence-corrected chi connectivity index (χ0v) is 21.2. The highest BCUT2D eigenvalue weighted by Crippen LogP contribution is 2.26. The van der Waals surface area contributed by atoms with E-state index in [0.717, 1.165) is 16.7 Å². The summed E-state index contributed by atoms with van der Waals surface area (Å²) in [5, 5.41) is 25.1. The summed E-state index contributed by atoms with van der Waals surface area (Å²) in [6.45, 7) is 0.272. The number of rotatable bonds is 11. The summed E-state index contributed by atoms with van der Waals surface area (Å²) >= 11 is 0. The van der Waals surface area contributed by atoms with Crippen molar-refractivity contribution in [2.45, 2.75) is 25.4 Å². The number of amides is 3. The number of imidazole rings is 1. The number of nitrogens with zero attached hydrogens (tertiary/aromatic N) is 2. The lowest BCUT2D eigenvalue weighted by Gasteiger charge is -2.18. The van der Waals surface area contributed by atoms with Gasteiger partial charge in [-0.1, -0.05) is 30.3 Å². The standard InChI is InChI=1S/C28H27F2N5O5/c29-20-8-3-17(4-9-20)16-35-24-14-19(18-5-10-21(30)11-6-18)7-12-23(24)34-25(35)26(36)32-15-22(33-28(39)40)2-1-13-31-27(37)38/h3-12,14,22,31,33H,1-2,13,15-16H2,(H,32,36)(H,37,38)(H,39,40)/t22-/m0/s1. The Bertz CT molecular complexity index is 1510. The largest absolute Gasteiger partial charge is 0.465 e. The molecule has 0 bridgehead atoms. The van der Waals surface area contributed by atoms with Gasteiger partial charge in [0.2, 0.25) is 0 Å². The third-order valence-corrected chi connectivity index (χ3v) is 6.23. The molecule has 4 aromatic rings. The van der Waals surface area contributed by atoms with Gasteiger partial charge in [0, 0.05) is 25.7 Å². The van der Waals surface area contributed by atoms with E-state index in [1.807, 2.05) is 12.1 Å². The van der Waals surface area contributed by atoms with Gasteiger partial charge in [-0.3, -0.25) is 4.79 Å². The fraction of sp³-hybridized carbons (Fsp3) is 0.214. The fourth-order valence-corrected chi connectivity index (χ4v) is 4.29. The number of nitrogens with one attached hydrogen (secondary N) is 3. The van der Waals surface area contributed by atoms with Gasteiger partial charge in [-0.2, -0.15) is 0 Å². The molecule has 10 nitrogen and oxygen atoms in total. The molecule has 3 aromatic carbocycles. The van der Waals surface area contributed by atoms with Crippen molar-refractivity contribution in [2.24, 2.45) is 0 Å². The molecule has 0 fully saturated rings. The molecule has 4 rings (SSSR count). The Hall–Kier alpha value is -5.00. The molecule has 3 amide bonds. The quantitative estimate of drug-likeness (QED) is 0.174. The number of hydrogen-bond donors (Lipinski definition) is 5. The second-order valence-corrected chi connectivity index (χ2v) is 9.09. The van der Waals surface area contributed by atoms with Crippen molar-refractivity contribution >= 4 is 29.1 Å². The molecular formula is C28H27F2N5O5. The molecule has 0 unspecified atom stereocenters. The third kappa shape index (κ3) is 7.31. The van der Waals surface area contributed by atoms with E-state index in [1.165, 1.54) is 24.3 Å². The van der Waals surface area contributed by atoms with Crippen molar-refractivity contribution < 1.29 is 33.4 Å². The van der Waals surface area contributed by atoms with E-state index in [-0.39, 0.29) is 37.7 Å². The minimum atomic E-state index is -1.28. The van der Waals surface area contributed by atoms with E-state index in [4.69, 9.17) is 5.11 Å². The number of fused-ring (bicyclic) bond motifs is 1. The molecular weight excluding hydrogens is 524 g/mol. The van der Waals surface area contributed by atoms with Crippen molar-refractivity contribution in [3.8, 4) is 11.1 Å². The van der Waals surface area contributed by atoms with Crippen LogP contribution in [0.5, 0.6) is 0 Å². The zero-order valence-electron chi connectivity index (χ0n) is 21.2. The molecule has 0 spiro atoms. The Labute approximate surface area is 227 Å². The summed E-state index contributed by atoms with van der Waals surface area (Å²) in [6.07, 6.45) is -1.83. The first-order chi connectivity index (χ1) is 19.2. The Morgan fingerprint density at radius 1 is 0.850 bits per heavy atom. The summed E-state index contributed by atoms with van der Waals surface area (Å²) in [4.78, 5) is 39.7. The van der Waals surface area contributed by atoms with Gasteiger partial charge in [0.05, 0.1) is 11.0 Å². The molecule has 12 heteroatoms. The monoisotopic (exact) mass is 551 g/mol. The second kappa shape index (κ2) is 12.7. The maximum Gasteiger partial charge on any atom is 0.404 e. The minimum Gasteiger partial charge on any atom is -0.465 e. The van der Waals surface area contributed by atoms with Crippen molar-refractivity contribution in [3.63, 3.8) is 0 Å². The van der Waals surface area contributed by atoms with Crippen molar-refractivity contribution in [1.82, 2.24) is 25.5 Å². The Kier molecular flexibility index (Phi) is 8.89. The lowest BCUT2D eigenvalue weighted by molar-refractivity contribution is 0.0933. The van der Waals surface area contributed by atoms with Crippen molar-refractivity contribution in [1.29, 1.82) is 0 Å². The normalized spacial score (nSPS) is 11.7. The van der Waals surface area contributed by atoms with E-state index in [9.17, 15) is 28.3 Å². The Morgan fingerprint density at radius 3 is 2.15 bits per heavy atom. The van der Waals surface area contributed by atoms with Crippen molar-refractivity contribution in [3.05, 3.63) is 89.8 Å². The number of carbonyl (C=O) groups is 3. The Balaban J connectivity index is 1.61. The van der Waals surface area contributed by atoms with Crippen LogP contribution in [0.15, 0.2) is 66.7 Å². The van der Waals surface area contributed by atoms with Crippen LogP contribution in [0.1, 0.15) is 29.0 Å². The predicted octanol–water partition coefficient (Wildman–Crippen LogP) is 4.44. The van der Waals surface area contributed by atoms with Gasteiger partial charge in [-0.15, -0.1) is 0 Å². The first-order valence-electron chi connectivity index (χ1n) is 12.4. The molecule has 1 atom stereocenters. The highest BCUT2D eigenvalue weighted by atomic mass is 19.1. The Morgan fingerprint density at radius 2 is 1.50 bits per heavy atom. The average molecular weight is 552 g/mol. The lowest BCUT2D eigenvalue weighted by Crippen LogP contribution is -2.44. The third-order valence-electron chi connectivity index (χ3n) is 6.23. The summed E-state index contributed by atoms with van der Waals surface area (Å²) in [6, 6.07) is 16.6. The predicted molar refractivity (Wildman–Crippen MR) is 143 cm³/mol. The maximum atomic E-state index is 13.5. The molecule has 5 N–H and O–H groups in total. The molecule has 0 saturated carbocycles. The number of carbonyl (C=O) groups excluding carboxylic acids is 1. The number of halogens is 2. The van der Waals surface area contributed by atoms with Crippen LogP contribution in [-0.4, -0.2) is 57.0 Å². The van der Waals surface area contributed by atoms with Gasteiger partial charge in [0.1, 0.15) is 11.6 Å². The van der Waals surface area contributed by atoms with Gasteiger partial charge in [0.25, 0.3) is 5.91 Å². The van der Waals surface area contributed by atoms with Gasteiger partial charge < -0.3 is 30.7 Å². The molecule has 0 radical (unpaired) electrons. The van der Waals surface area contributed by atoms with Crippen LogP contribution in [0.3, 0.4) is 0 Å². The summed E-state index contributed by atoms with van der Waals surface area (Å²) in [5.74, 6) is -1.25. The van der Waals surface area contributed by atoms with E-state index in [1.54, 1.807) is 34.9 Å². The second-order valence-electron chi connectivity index (χ2n) is 9.09. The molecule has 0 aliphatic rings. The molecule has 1 heterocycles. The van der Waals surface area contributed by atoms with Crippen LogP contribution < -0.4 is 16.0 Å². The first kappa shape index (κ1) is 28.0. The van der Waals surface area contributed by atoms with Crippen LogP contribution in [0.2, 0.25) is 0 Å². The highest BCUT2D eigenvalue weighted by Gasteiger charge is 2.21. The van der Waals surface area contributed by atoms with Crippen LogP contribution in [-0.2, 0) is 6.54 Å². The molecule has 40 heavy (non-hydrogen) atoms. The van der Waals surface area contributed by atoms with Crippen LogP contribution in [0, 0.1) is 11.6 Å². The first-order valence-corrected chi connectivity index (χ1v) is 12.4. The van der Waals surface area contributed by atoms with Gasteiger partial charge >= 0.3 is 12.2 Å². The van der Waals surface area contributed by atoms with Crippen LogP contribution in [0.4, 0.5) is 18.4 Å². The zero-order chi connectivity index (χ0) is 28.6. The highest BCUT2D eigenvalue weighted by molar-refractivity contribution is 5.95. The minimum absolute atomic E-state index is 0.0568. The smallest absolute Gasteiger partial charge is 0.404 e. The summed E-state index contributed by atoms with van der Waals surface area (Å²) < 4.78 is 28.7. The van der Waals surface area contributed by atoms with Crippen LogP contribution in [0.25, 0.3) is 22.2 Å². The molecule has 208 valence electrons. The van der Waals surface area contributed by atoms with Crippen LogP contribution >= 0.6 is 0 Å². The molecule has 0 aliphatic heterocycles. The van der Waals surface area contributed by atoms with E-state index in [2.05, 4.69) is 20.9 Å². The van der Waals surface area contributed by atoms with Gasteiger partial charge in [0.15, 0.2) is 5.82 Å². The SMILES string of the molecule is O=C(O)NCCC[C@@H](CNC(=O)c1nc2ccc(-c3ccc(F)cc3)cc2n1Cc1ccc(F)cc1)NC(=O)O. The maximum absolute atomic E-state index is 13.5. The van der Waals surface area contributed by atoms with E-state index >= 15 is 0 Å². The number of aromatic nitrogens is 2. The molecule has 0 aliphatic carbocycles. The van der Waals surface area contributed by atoms with Gasteiger partial charge in [-0.25, -0.2) is 23.4 Å². The van der Waals surface area contributed by atoms with Gasteiger partial charge in [-0.05, 0) is 65.9 Å². The number of benzene rings is 3. The molecule has 0 saturated heterocycles.